The van der Waals surface area contributed by atoms with Gasteiger partial charge in [-0.25, -0.2) is 4.98 Å². The van der Waals surface area contributed by atoms with Crippen molar-refractivity contribution in [1.82, 2.24) is 20.5 Å². The molecule has 0 spiro atoms. The number of aromatic nitrogens is 3. The first kappa shape index (κ1) is 20.1. The van der Waals surface area contributed by atoms with Crippen LogP contribution in [0.5, 0.6) is 17.2 Å². The van der Waals surface area contributed by atoms with Crippen molar-refractivity contribution in [3.05, 3.63) is 59.4 Å². The number of hydrogen-bond donors (Lipinski definition) is 2. The summed E-state index contributed by atoms with van der Waals surface area (Å²) >= 11 is 1.29. The molecule has 9 heteroatoms. The molecule has 0 fully saturated rings. The standard InChI is InChI=1S/C21H22N4O4S/c1-13-5-3-4-6-16(13)27-11-19-23-21(25-24-19)30-14(2)20(26)22-10-15-7-8-17-18(9-15)29-12-28-17/h3-9,14H,10-12H2,1-2H3,(H,22,26)(H,23,24,25)/t14-/m0/s1. The second-order valence-corrected chi connectivity index (χ2v) is 8.09. The fraction of sp³-hybridized carbons (Fsp3) is 0.286. The molecule has 156 valence electrons. The third kappa shape index (κ3) is 4.85. The zero-order chi connectivity index (χ0) is 20.9. The molecule has 1 aliphatic heterocycles. The Kier molecular flexibility index (Phi) is 6.08. The van der Waals surface area contributed by atoms with Gasteiger partial charge in [0, 0.05) is 6.54 Å². The van der Waals surface area contributed by atoms with Crippen LogP contribution in [-0.2, 0) is 17.9 Å². The van der Waals surface area contributed by atoms with Gasteiger partial charge in [0.05, 0.1) is 5.25 Å². The first-order valence-corrected chi connectivity index (χ1v) is 10.4. The molecule has 1 atom stereocenters. The summed E-state index contributed by atoms with van der Waals surface area (Å²) in [6, 6.07) is 13.4. The Labute approximate surface area is 178 Å². The lowest BCUT2D eigenvalue weighted by Gasteiger charge is -2.10. The fourth-order valence-corrected chi connectivity index (χ4v) is 3.62. The van der Waals surface area contributed by atoms with Crippen molar-refractivity contribution in [2.45, 2.75) is 37.4 Å². The van der Waals surface area contributed by atoms with Crippen LogP contribution in [0.25, 0.3) is 0 Å². The molecule has 0 saturated carbocycles. The van der Waals surface area contributed by atoms with Crippen molar-refractivity contribution in [3.8, 4) is 17.2 Å². The lowest BCUT2D eigenvalue weighted by atomic mass is 10.2. The summed E-state index contributed by atoms with van der Waals surface area (Å²) in [6.07, 6.45) is 0. The first-order chi connectivity index (χ1) is 14.6. The van der Waals surface area contributed by atoms with Gasteiger partial charge in [-0.15, -0.1) is 5.10 Å². The van der Waals surface area contributed by atoms with Gasteiger partial charge in [-0.2, -0.15) is 0 Å². The van der Waals surface area contributed by atoms with E-state index in [2.05, 4.69) is 20.5 Å². The fourth-order valence-electron chi connectivity index (χ4n) is 2.85. The molecule has 4 rings (SSSR count). The molecule has 1 amide bonds. The topological polar surface area (TPSA) is 98.4 Å². The Morgan fingerprint density at radius 2 is 2.10 bits per heavy atom. The van der Waals surface area contributed by atoms with E-state index in [1.807, 2.05) is 56.3 Å². The molecule has 30 heavy (non-hydrogen) atoms. The van der Waals surface area contributed by atoms with Crippen molar-refractivity contribution in [2.75, 3.05) is 6.79 Å². The zero-order valence-corrected chi connectivity index (χ0v) is 17.5. The number of rotatable bonds is 8. The normalized spacial score (nSPS) is 13.1. The van der Waals surface area contributed by atoms with Gasteiger partial charge in [0.15, 0.2) is 17.3 Å². The minimum Gasteiger partial charge on any atom is -0.485 e. The summed E-state index contributed by atoms with van der Waals surface area (Å²) in [6.45, 7) is 4.72. The lowest BCUT2D eigenvalue weighted by molar-refractivity contribution is -0.120. The van der Waals surface area contributed by atoms with E-state index in [-0.39, 0.29) is 24.6 Å². The molecule has 1 aliphatic rings. The van der Waals surface area contributed by atoms with Crippen LogP contribution in [0.3, 0.4) is 0 Å². The minimum atomic E-state index is -0.347. The van der Waals surface area contributed by atoms with Crippen LogP contribution in [-0.4, -0.2) is 33.1 Å². The predicted molar refractivity (Wildman–Crippen MR) is 112 cm³/mol. The van der Waals surface area contributed by atoms with Gasteiger partial charge >= 0.3 is 0 Å². The summed E-state index contributed by atoms with van der Waals surface area (Å²) < 4.78 is 16.4. The average molecular weight is 426 g/mol. The van der Waals surface area contributed by atoms with Crippen LogP contribution < -0.4 is 19.5 Å². The van der Waals surface area contributed by atoms with Gasteiger partial charge in [0.1, 0.15) is 12.4 Å². The SMILES string of the molecule is Cc1ccccc1OCc1nc(S[C@@H](C)C(=O)NCc2ccc3c(c2)OCO3)n[nH]1. The van der Waals surface area contributed by atoms with Gasteiger partial charge in [0.25, 0.3) is 0 Å². The number of carbonyl (C=O) groups is 1. The van der Waals surface area contributed by atoms with Gasteiger partial charge in [-0.3, -0.25) is 9.89 Å². The van der Waals surface area contributed by atoms with Gasteiger partial charge in [0.2, 0.25) is 17.9 Å². The molecule has 0 unspecified atom stereocenters. The minimum absolute atomic E-state index is 0.0971. The molecule has 1 aromatic heterocycles. The van der Waals surface area contributed by atoms with Crippen LogP contribution in [0.4, 0.5) is 0 Å². The number of aryl methyl sites for hydroxylation is 1. The maximum Gasteiger partial charge on any atom is 0.233 e. The zero-order valence-electron chi connectivity index (χ0n) is 16.7. The number of ether oxygens (including phenoxy) is 3. The summed E-state index contributed by atoms with van der Waals surface area (Å²) in [4.78, 5) is 16.8. The molecular weight excluding hydrogens is 404 g/mol. The van der Waals surface area contributed by atoms with Crippen molar-refractivity contribution in [2.24, 2.45) is 0 Å². The second kappa shape index (κ2) is 9.08. The molecule has 0 radical (unpaired) electrons. The maximum atomic E-state index is 12.4. The Balaban J connectivity index is 1.26. The van der Waals surface area contributed by atoms with E-state index in [4.69, 9.17) is 14.2 Å². The Morgan fingerprint density at radius 3 is 2.97 bits per heavy atom. The van der Waals surface area contributed by atoms with E-state index in [1.54, 1.807) is 0 Å². The van der Waals surface area contributed by atoms with Crippen LogP contribution in [0.1, 0.15) is 23.9 Å². The average Bonchev–Trinajstić information content (AvgIpc) is 3.40. The van der Waals surface area contributed by atoms with Crippen molar-refractivity contribution in [1.29, 1.82) is 0 Å². The maximum absolute atomic E-state index is 12.4. The lowest BCUT2D eigenvalue weighted by Crippen LogP contribution is -2.30. The molecule has 2 heterocycles. The summed E-state index contributed by atoms with van der Waals surface area (Å²) in [7, 11) is 0. The highest BCUT2D eigenvalue weighted by Gasteiger charge is 2.18. The van der Waals surface area contributed by atoms with Crippen LogP contribution in [0.15, 0.2) is 47.6 Å². The summed E-state index contributed by atoms with van der Waals surface area (Å²) in [5.74, 6) is 2.74. The largest absolute Gasteiger partial charge is 0.485 e. The number of nitrogens with one attached hydrogen (secondary N) is 2. The van der Waals surface area contributed by atoms with Crippen LogP contribution in [0.2, 0.25) is 0 Å². The first-order valence-electron chi connectivity index (χ1n) is 9.51. The number of amides is 1. The Bertz CT molecular complexity index is 1040. The van der Waals surface area contributed by atoms with E-state index in [0.29, 0.717) is 23.3 Å². The molecule has 2 aromatic carbocycles. The second-order valence-electron chi connectivity index (χ2n) is 6.78. The number of aromatic amines is 1. The van der Waals surface area contributed by atoms with Gasteiger partial charge in [-0.05, 0) is 43.2 Å². The molecule has 0 saturated heterocycles. The monoisotopic (exact) mass is 426 g/mol. The number of thioether (sulfide) groups is 1. The van der Waals surface area contributed by atoms with Crippen molar-refractivity contribution < 1.29 is 19.0 Å². The van der Waals surface area contributed by atoms with Gasteiger partial charge < -0.3 is 19.5 Å². The number of hydrogen-bond acceptors (Lipinski definition) is 7. The summed E-state index contributed by atoms with van der Waals surface area (Å²) in [5.41, 5.74) is 2.00. The van der Waals surface area contributed by atoms with Gasteiger partial charge in [-0.1, -0.05) is 36.0 Å². The van der Waals surface area contributed by atoms with Crippen molar-refractivity contribution >= 4 is 17.7 Å². The third-order valence-corrected chi connectivity index (χ3v) is 5.49. The number of para-hydroxylation sites is 1. The van der Waals surface area contributed by atoms with Crippen LogP contribution >= 0.6 is 11.8 Å². The molecule has 8 nitrogen and oxygen atoms in total. The molecule has 0 bridgehead atoms. The predicted octanol–water partition coefficient (Wildman–Crippen LogP) is 3.22. The number of nitrogens with zero attached hydrogens (tertiary/aromatic N) is 2. The number of benzene rings is 2. The van der Waals surface area contributed by atoms with E-state index in [1.165, 1.54) is 11.8 Å². The molecule has 3 aromatic rings. The highest BCUT2D eigenvalue weighted by Crippen LogP contribution is 2.32. The van der Waals surface area contributed by atoms with Crippen LogP contribution in [0, 0.1) is 6.92 Å². The number of H-pyrrole nitrogens is 1. The summed E-state index contributed by atoms with van der Waals surface area (Å²) in [5, 5.41) is 10.1. The van der Waals surface area contributed by atoms with E-state index < -0.39 is 0 Å². The molecule has 2 N–H and O–H groups in total. The number of carbonyl (C=O) groups excluding carboxylic acids is 1. The Morgan fingerprint density at radius 1 is 1.27 bits per heavy atom. The quantitative estimate of drug-likeness (QED) is 0.534. The van der Waals surface area contributed by atoms with Crippen molar-refractivity contribution in [3.63, 3.8) is 0 Å². The molecule has 0 aliphatic carbocycles. The Hall–Kier alpha value is -3.20. The molecular formula is C21H22N4O4S. The highest BCUT2D eigenvalue weighted by atomic mass is 32.2. The van der Waals surface area contributed by atoms with E-state index >= 15 is 0 Å². The van der Waals surface area contributed by atoms with E-state index in [0.717, 1.165) is 22.6 Å². The highest BCUT2D eigenvalue weighted by molar-refractivity contribution is 8.00. The number of fused-ring (bicyclic) bond motifs is 1. The third-order valence-electron chi connectivity index (χ3n) is 4.52. The van der Waals surface area contributed by atoms with E-state index in [9.17, 15) is 4.79 Å². The smallest absolute Gasteiger partial charge is 0.233 e.